The highest BCUT2D eigenvalue weighted by Gasteiger charge is 2.21. The van der Waals surface area contributed by atoms with Gasteiger partial charge in [0.05, 0.1) is 5.52 Å². The summed E-state index contributed by atoms with van der Waals surface area (Å²) in [7, 11) is 0. The quantitative estimate of drug-likeness (QED) is 0.806. The molecule has 5 heteroatoms. The molecule has 0 aromatic carbocycles. The zero-order valence-electron chi connectivity index (χ0n) is 8.77. The van der Waals surface area contributed by atoms with E-state index in [9.17, 15) is 0 Å². The van der Waals surface area contributed by atoms with Gasteiger partial charge in [-0.1, -0.05) is 0 Å². The van der Waals surface area contributed by atoms with E-state index in [1.165, 1.54) is 0 Å². The molecular weight excluding hydrogens is 270 g/mol. The van der Waals surface area contributed by atoms with Crippen molar-refractivity contribution in [1.29, 1.82) is 0 Å². The van der Waals surface area contributed by atoms with Crippen LogP contribution in [-0.4, -0.2) is 27.6 Å². The summed E-state index contributed by atoms with van der Waals surface area (Å²) in [5.74, 6) is 1.58. The smallest absolute Gasteiger partial charge is 0.132 e. The summed E-state index contributed by atoms with van der Waals surface area (Å²) in [4.78, 5) is 8.75. The Morgan fingerprint density at radius 1 is 1.38 bits per heavy atom. The second-order valence-electron chi connectivity index (χ2n) is 3.98. The largest absolute Gasteiger partial charge is 0.381 e. The molecule has 1 saturated heterocycles. The molecule has 0 spiro atoms. The lowest BCUT2D eigenvalue weighted by atomic mass is 10.00. The normalized spacial score (nSPS) is 18.1. The first-order chi connectivity index (χ1) is 7.86. The van der Waals surface area contributed by atoms with Crippen LogP contribution in [0.3, 0.4) is 0 Å². The Bertz CT molecular complexity index is 505. The molecule has 4 nitrogen and oxygen atoms in total. The van der Waals surface area contributed by atoms with Crippen LogP contribution < -0.4 is 0 Å². The van der Waals surface area contributed by atoms with Gasteiger partial charge < -0.3 is 4.74 Å². The molecule has 2 aromatic heterocycles. The number of hydrogen-bond donors (Lipinski definition) is 0. The number of rotatable bonds is 1. The summed E-state index contributed by atoms with van der Waals surface area (Å²) in [5.41, 5.74) is 1.08. The number of halogens is 1. The Kier molecular flexibility index (Phi) is 2.65. The SMILES string of the molecule is Brc1nc(C2CCOCC2)n2cnccc12. The van der Waals surface area contributed by atoms with Crippen LogP contribution >= 0.6 is 15.9 Å². The van der Waals surface area contributed by atoms with E-state index in [1.54, 1.807) is 6.20 Å². The lowest BCUT2D eigenvalue weighted by Crippen LogP contribution is -2.16. The number of imidazole rings is 1. The molecule has 0 atom stereocenters. The van der Waals surface area contributed by atoms with Crippen LogP contribution in [-0.2, 0) is 4.74 Å². The van der Waals surface area contributed by atoms with E-state index in [1.807, 2.05) is 12.4 Å². The molecule has 1 aliphatic heterocycles. The number of fused-ring (bicyclic) bond motifs is 1. The minimum atomic E-state index is 0.483. The lowest BCUT2D eigenvalue weighted by Gasteiger charge is -2.20. The van der Waals surface area contributed by atoms with Gasteiger partial charge in [-0.15, -0.1) is 0 Å². The summed E-state index contributed by atoms with van der Waals surface area (Å²) >= 11 is 3.49. The van der Waals surface area contributed by atoms with Gasteiger partial charge in [-0.3, -0.25) is 4.40 Å². The Labute approximate surface area is 102 Å². The van der Waals surface area contributed by atoms with Crippen molar-refractivity contribution < 1.29 is 4.74 Å². The fourth-order valence-electron chi connectivity index (χ4n) is 2.17. The molecule has 0 saturated carbocycles. The summed E-state index contributed by atoms with van der Waals surface area (Å²) < 4.78 is 8.34. The monoisotopic (exact) mass is 281 g/mol. The van der Waals surface area contributed by atoms with Gasteiger partial charge in [0, 0.05) is 25.3 Å². The van der Waals surface area contributed by atoms with Crippen molar-refractivity contribution in [2.45, 2.75) is 18.8 Å². The molecule has 0 N–H and O–H groups in total. The van der Waals surface area contributed by atoms with Gasteiger partial charge in [-0.25, -0.2) is 9.97 Å². The van der Waals surface area contributed by atoms with E-state index in [0.29, 0.717) is 5.92 Å². The highest BCUT2D eigenvalue weighted by Crippen LogP contribution is 2.29. The van der Waals surface area contributed by atoms with Crippen molar-refractivity contribution in [3.05, 3.63) is 29.0 Å². The first-order valence-electron chi connectivity index (χ1n) is 5.41. The zero-order chi connectivity index (χ0) is 11.0. The third-order valence-electron chi connectivity index (χ3n) is 3.02. The zero-order valence-corrected chi connectivity index (χ0v) is 10.4. The summed E-state index contributed by atoms with van der Waals surface area (Å²) in [6.07, 6.45) is 5.70. The maximum absolute atomic E-state index is 5.38. The van der Waals surface area contributed by atoms with Crippen molar-refractivity contribution in [3.8, 4) is 0 Å². The van der Waals surface area contributed by atoms with Crippen molar-refractivity contribution in [2.24, 2.45) is 0 Å². The van der Waals surface area contributed by atoms with E-state index in [-0.39, 0.29) is 0 Å². The fourth-order valence-corrected chi connectivity index (χ4v) is 2.67. The molecule has 84 valence electrons. The Morgan fingerprint density at radius 3 is 3.00 bits per heavy atom. The third kappa shape index (κ3) is 1.64. The molecule has 16 heavy (non-hydrogen) atoms. The van der Waals surface area contributed by atoms with Gasteiger partial charge in [0.25, 0.3) is 0 Å². The van der Waals surface area contributed by atoms with E-state index in [0.717, 1.165) is 42.0 Å². The van der Waals surface area contributed by atoms with Crippen molar-refractivity contribution in [1.82, 2.24) is 14.4 Å². The van der Waals surface area contributed by atoms with Gasteiger partial charge in [0.2, 0.25) is 0 Å². The molecule has 3 heterocycles. The van der Waals surface area contributed by atoms with Gasteiger partial charge in [-0.05, 0) is 34.8 Å². The second-order valence-corrected chi connectivity index (χ2v) is 4.73. The molecule has 2 aromatic rings. The Balaban J connectivity index is 2.08. The summed E-state index contributed by atoms with van der Waals surface area (Å²) in [6.45, 7) is 1.66. The first-order valence-corrected chi connectivity index (χ1v) is 6.21. The number of hydrogen-bond acceptors (Lipinski definition) is 3. The molecule has 3 rings (SSSR count). The van der Waals surface area contributed by atoms with Gasteiger partial charge >= 0.3 is 0 Å². The molecule has 0 radical (unpaired) electrons. The molecular formula is C11H12BrN3O. The molecule has 0 amide bonds. The molecule has 0 aliphatic carbocycles. The molecule has 0 unspecified atom stereocenters. The third-order valence-corrected chi connectivity index (χ3v) is 3.60. The number of aromatic nitrogens is 3. The predicted molar refractivity (Wildman–Crippen MR) is 63.5 cm³/mol. The van der Waals surface area contributed by atoms with Gasteiger partial charge in [-0.2, -0.15) is 0 Å². The lowest BCUT2D eigenvalue weighted by molar-refractivity contribution is 0.0834. The van der Waals surface area contributed by atoms with E-state index in [4.69, 9.17) is 4.74 Å². The molecule has 0 bridgehead atoms. The average molecular weight is 282 g/mol. The highest BCUT2D eigenvalue weighted by atomic mass is 79.9. The van der Waals surface area contributed by atoms with Gasteiger partial charge in [0.15, 0.2) is 0 Å². The Morgan fingerprint density at radius 2 is 2.19 bits per heavy atom. The van der Waals surface area contributed by atoms with Crippen LogP contribution in [0.25, 0.3) is 5.52 Å². The summed E-state index contributed by atoms with van der Waals surface area (Å²) in [5, 5.41) is 0. The van der Waals surface area contributed by atoms with Gasteiger partial charge in [0.1, 0.15) is 16.8 Å². The minimum Gasteiger partial charge on any atom is -0.381 e. The van der Waals surface area contributed by atoms with E-state index >= 15 is 0 Å². The second kappa shape index (κ2) is 4.14. The standard InChI is InChI=1S/C11H12BrN3O/c12-10-9-1-4-13-7-15(9)11(14-10)8-2-5-16-6-3-8/h1,4,7-8H,2-3,5-6H2. The van der Waals surface area contributed by atoms with E-state index < -0.39 is 0 Å². The van der Waals surface area contributed by atoms with Crippen LogP contribution in [0.2, 0.25) is 0 Å². The minimum absolute atomic E-state index is 0.483. The summed E-state index contributed by atoms with van der Waals surface area (Å²) in [6, 6.07) is 1.97. The molecule has 1 aliphatic rings. The predicted octanol–water partition coefficient (Wildman–Crippen LogP) is 2.39. The highest BCUT2D eigenvalue weighted by molar-refractivity contribution is 9.10. The topological polar surface area (TPSA) is 39.4 Å². The number of ether oxygens (including phenoxy) is 1. The molecule has 1 fully saturated rings. The maximum Gasteiger partial charge on any atom is 0.132 e. The van der Waals surface area contributed by atoms with Crippen LogP contribution in [0, 0.1) is 0 Å². The van der Waals surface area contributed by atoms with E-state index in [2.05, 4.69) is 30.3 Å². The van der Waals surface area contributed by atoms with Crippen molar-refractivity contribution >= 4 is 21.4 Å². The van der Waals surface area contributed by atoms with Crippen molar-refractivity contribution in [2.75, 3.05) is 13.2 Å². The fraction of sp³-hybridized carbons (Fsp3) is 0.455. The van der Waals surface area contributed by atoms with Crippen LogP contribution in [0.1, 0.15) is 24.6 Å². The van der Waals surface area contributed by atoms with Crippen LogP contribution in [0.15, 0.2) is 23.2 Å². The van der Waals surface area contributed by atoms with Crippen LogP contribution in [0.5, 0.6) is 0 Å². The number of nitrogens with zero attached hydrogens (tertiary/aromatic N) is 3. The Hall–Kier alpha value is -0.940. The van der Waals surface area contributed by atoms with Crippen molar-refractivity contribution in [3.63, 3.8) is 0 Å². The average Bonchev–Trinajstić information content (AvgIpc) is 2.69. The maximum atomic E-state index is 5.38. The first kappa shape index (κ1) is 10.2. The van der Waals surface area contributed by atoms with Crippen LogP contribution in [0.4, 0.5) is 0 Å².